The van der Waals surface area contributed by atoms with Crippen LogP contribution in [-0.2, 0) is 6.54 Å². The topological polar surface area (TPSA) is 47.0 Å². The molecule has 0 bridgehead atoms. The van der Waals surface area contributed by atoms with E-state index in [1.54, 1.807) is 0 Å². The molecule has 2 aromatic rings. The number of piperazine rings is 1. The fraction of sp³-hybridized carbons (Fsp3) is 0.500. The Balaban J connectivity index is 0.00000272. The van der Waals surface area contributed by atoms with Crippen molar-refractivity contribution in [2.24, 2.45) is 4.99 Å². The maximum atomic E-state index is 4.56. The van der Waals surface area contributed by atoms with Crippen molar-refractivity contribution in [2.75, 3.05) is 56.1 Å². The molecule has 2 aliphatic heterocycles. The van der Waals surface area contributed by atoms with Gasteiger partial charge < -0.3 is 20.0 Å². The fourth-order valence-electron chi connectivity index (χ4n) is 4.44. The van der Waals surface area contributed by atoms with Crippen LogP contribution in [0.3, 0.4) is 0 Å². The van der Waals surface area contributed by atoms with Gasteiger partial charge in [-0.2, -0.15) is 0 Å². The van der Waals surface area contributed by atoms with Crippen LogP contribution in [0.25, 0.3) is 0 Å². The van der Waals surface area contributed by atoms with E-state index in [4.69, 9.17) is 0 Å². The smallest absolute Gasteiger partial charge is 0.194 e. The Labute approximate surface area is 203 Å². The van der Waals surface area contributed by atoms with Crippen LogP contribution in [0.5, 0.6) is 0 Å². The second kappa shape index (κ2) is 11.0. The SMILES string of the molecule is CN=C(NCc1ccnc(N2CCCC2)c1)N1CCN(c2cccc(C)c2C)CC1.I. The van der Waals surface area contributed by atoms with Crippen molar-refractivity contribution in [1.82, 2.24) is 15.2 Å². The van der Waals surface area contributed by atoms with E-state index in [0.717, 1.165) is 57.6 Å². The number of benzene rings is 1. The molecule has 1 aromatic carbocycles. The summed E-state index contributed by atoms with van der Waals surface area (Å²) in [6, 6.07) is 10.9. The van der Waals surface area contributed by atoms with Gasteiger partial charge in [0.1, 0.15) is 5.82 Å². The van der Waals surface area contributed by atoms with Gasteiger partial charge in [-0.05, 0) is 61.6 Å². The second-order valence-corrected chi connectivity index (χ2v) is 8.31. The van der Waals surface area contributed by atoms with Crippen LogP contribution in [-0.4, -0.2) is 62.2 Å². The van der Waals surface area contributed by atoms with Crippen molar-refractivity contribution in [3.05, 3.63) is 53.2 Å². The van der Waals surface area contributed by atoms with E-state index in [-0.39, 0.29) is 24.0 Å². The van der Waals surface area contributed by atoms with Crippen molar-refractivity contribution in [2.45, 2.75) is 33.2 Å². The monoisotopic (exact) mass is 534 g/mol. The third-order valence-corrected chi connectivity index (χ3v) is 6.40. The molecule has 2 aliphatic rings. The van der Waals surface area contributed by atoms with Gasteiger partial charge >= 0.3 is 0 Å². The molecule has 0 saturated carbocycles. The summed E-state index contributed by atoms with van der Waals surface area (Å²) in [4.78, 5) is 16.3. The summed E-state index contributed by atoms with van der Waals surface area (Å²) >= 11 is 0. The highest BCUT2D eigenvalue weighted by Gasteiger charge is 2.21. The lowest BCUT2D eigenvalue weighted by molar-refractivity contribution is 0.372. The Kier molecular flexibility index (Phi) is 8.40. The first kappa shape index (κ1) is 23.6. The predicted molar refractivity (Wildman–Crippen MR) is 141 cm³/mol. The Morgan fingerprint density at radius 2 is 1.74 bits per heavy atom. The third-order valence-electron chi connectivity index (χ3n) is 6.40. The number of hydrogen-bond donors (Lipinski definition) is 1. The van der Waals surface area contributed by atoms with Gasteiger partial charge in [0.25, 0.3) is 0 Å². The summed E-state index contributed by atoms with van der Waals surface area (Å²) in [6.45, 7) is 11.4. The van der Waals surface area contributed by atoms with E-state index < -0.39 is 0 Å². The number of halogens is 1. The van der Waals surface area contributed by atoms with Gasteiger partial charge in [0, 0.05) is 64.7 Å². The van der Waals surface area contributed by atoms with Crippen LogP contribution in [0.1, 0.15) is 29.5 Å². The number of anilines is 2. The molecule has 4 rings (SSSR count). The first-order valence-corrected chi connectivity index (χ1v) is 11.1. The van der Waals surface area contributed by atoms with Crippen molar-refractivity contribution in [1.29, 1.82) is 0 Å². The van der Waals surface area contributed by atoms with E-state index in [2.05, 4.69) is 74.2 Å². The lowest BCUT2D eigenvalue weighted by atomic mass is 10.1. The number of pyridine rings is 1. The van der Waals surface area contributed by atoms with Gasteiger partial charge in [-0.1, -0.05) is 12.1 Å². The molecule has 31 heavy (non-hydrogen) atoms. The zero-order valence-electron chi connectivity index (χ0n) is 19.0. The van der Waals surface area contributed by atoms with Crippen LogP contribution >= 0.6 is 24.0 Å². The minimum Gasteiger partial charge on any atom is -0.368 e. The Morgan fingerprint density at radius 3 is 2.45 bits per heavy atom. The van der Waals surface area contributed by atoms with Gasteiger partial charge in [-0.3, -0.25) is 4.99 Å². The zero-order valence-corrected chi connectivity index (χ0v) is 21.3. The van der Waals surface area contributed by atoms with Crippen LogP contribution in [0.2, 0.25) is 0 Å². The maximum Gasteiger partial charge on any atom is 0.194 e. The quantitative estimate of drug-likeness (QED) is 0.368. The van der Waals surface area contributed by atoms with Gasteiger partial charge in [0.2, 0.25) is 0 Å². The summed E-state index contributed by atoms with van der Waals surface area (Å²) in [5, 5.41) is 3.56. The number of nitrogens with zero attached hydrogens (tertiary/aromatic N) is 5. The number of aryl methyl sites for hydroxylation is 1. The molecular weight excluding hydrogens is 499 g/mol. The molecule has 7 heteroatoms. The summed E-state index contributed by atoms with van der Waals surface area (Å²) in [5.41, 5.74) is 5.36. The van der Waals surface area contributed by atoms with E-state index in [1.807, 2.05) is 13.2 Å². The molecule has 0 spiro atoms. The van der Waals surface area contributed by atoms with E-state index in [0.29, 0.717) is 0 Å². The van der Waals surface area contributed by atoms with Crippen molar-refractivity contribution >= 4 is 41.4 Å². The average molecular weight is 534 g/mol. The van der Waals surface area contributed by atoms with Gasteiger partial charge in [-0.15, -0.1) is 24.0 Å². The maximum absolute atomic E-state index is 4.56. The molecule has 168 valence electrons. The summed E-state index contributed by atoms with van der Waals surface area (Å²) in [5.74, 6) is 2.08. The number of aliphatic imine (C=N–C) groups is 1. The lowest BCUT2D eigenvalue weighted by Gasteiger charge is -2.38. The number of aromatic nitrogens is 1. The Hall–Kier alpha value is -2.03. The Bertz CT molecular complexity index is 885. The molecule has 0 aliphatic carbocycles. The summed E-state index contributed by atoms with van der Waals surface area (Å²) in [7, 11) is 1.88. The summed E-state index contributed by atoms with van der Waals surface area (Å²) < 4.78 is 0. The Morgan fingerprint density at radius 1 is 1.00 bits per heavy atom. The van der Waals surface area contributed by atoms with Gasteiger partial charge in [0.15, 0.2) is 5.96 Å². The minimum absolute atomic E-state index is 0. The first-order chi connectivity index (χ1) is 14.7. The zero-order chi connectivity index (χ0) is 20.9. The fourth-order valence-corrected chi connectivity index (χ4v) is 4.44. The number of nitrogens with one attached hydrogen (secondary N) is 1. The highest BCUT2D eigenvalue weighted by Crippen LogP contribution is 2.24. The second-order valence-electron chi connectivity index (χ2n) is 8.31. The molecule has 3 heterocycles. The molecule has 0 radical (unpaired) electrons. The molecular formula is C24H35IN6. The first-order valence-electron chi connectivity index (χ1n) is 11.1. The van der Waals surface area contributed by atoms with Crippen LogP contribution < -0.4 is 15.1 Å². The normalized spacial score (nSPS) is 17.0. The number of hydrogen-bond acceptors (Lipinski definition) is 4. The number of guanidine groups is 1. The van der Waals surface area contributed by atoms with Crippen molar-refractivity contribution in [3.63, 3.8) is 0 Å². The van der Waals surface area contributed by atoms with Crippen LogP contribution in [0.4, 0.5) is 11.5 Å². The van der Waals surface area contributed by atoms with Crippen molar-refractivity contribution < 1.29 is 0 Å². The van der Waals surface area contributed by atoms with Crippen LogP contribution in [0, 0.1) is 13.8 Å². The highest BCUT2D eigenvalue weighted by atomic mass is 127. The van der Waals surface area contributed by atoms with Gasteiger partial charge in [-0.25, -0.2) is 4.98 Å². The predicted octanol–water partition coefficient (Wildman–Crippen LogP) is 3.81. The van der Waals surface area contributed by atoms with E-state index in [9.17, 15) is 0 Å². The molecule has 0 atom stereocenters. The minimum atomic E-state index is 0. The van der Waals surface area contributed by atoms with Crippen molar-refractivity contribution in [3.8, 4) is 0 Å². The molecule has 1 N–H and O–H groups in total. The number of rotatable bonds is 4. The molecule has 1 aromatic heterocycles. The van der Waals surface area contributed by atoms with Gasteiger partial charge in [0.05, 0.1) is 0 Å². The highest BCUT2D eigenvalue weighted by molar-refractivity contribution is 14.0. The van der Waals surface area contributed by atoms with E-state index >= 15 is 0 Å². The largest absolute Gasteiger partial charge is 0.368 e. The molecule has 2 fully saturated rings. The lowest BCUT2D eigenvalue weighted by Crippen LogP contribution is -2.52. The molecule has 2 saturated heterocycles. The third kappa shape index (κ3) is 5.61. The molecule has 0 unspecified atom stereocenters. The summed E-state index contributed by atoms with van der Waals surface area (Å²) in [6.07, 6.45) is 4.46. The molecule has 6 nitrogen and oxygen atoms in total. The standard InChI is InChI=1S/C24H34N6.HI/c1-19-7-6-8-22(20(19)2)28-13-15-30(16-14-28)24(25-3)27-18-21-9-10-26-23(17-21)29-11-4-5-12-29;/h6-10,17H,4-5,11-16,18H2,1-3H3,(H,25,27);1H. The molecule has 0 amide bonds. The van der Waals surface area contributed by atoms with Crippen LogP contribution in [0.15, 0.2) is 41.5 Å². The van der Waals surface area contributed by atoms with E-state index in [1.165, 1.54) is 35.2 Å². The average Bonchev–Trinajstić information content (AvgIpc) is 3.32.